The normalized spacial score (nSPS) is 46.7. The van der Waals surface area contributed by atoms with Gasteiger partial charge in [0, 0.05) is 12.3 Å². The molecule has 0 aromatic carbocycles. The second kappa shape index (κ2) is 8.13. The average molecular weight is 408 g/mol. The van der Waals surface area contributed by atoms with Crippen LogP contribution in [0.5, 0.6) is 0 Å². The molecule has 0 aromatic heterocycles. The number of rotatable bonds is 4. The van der Waals surface area contributed by atoms with Gasteiger partial charge in [0.25, 0.3) is 0 Å². The van der Waals surface area contributed by atoms with Crippen LogP contribution in [0.25, 0.3) is 0 Å². The molecule has 1 unspecified atom stereocenters. The van der Waals surface area contributed by atoms with Gasteiger partial charge in [-0.05, 0) is 43.9 Å². The molecule has 1 N–H and O–H groups in total. The fourth-order valence-corrected chi connectivity index (χ4v) is 5.50. The number of hydrogen-bond acceptors (Lipinski definition) is 7. The maximum absolute atomic E-state index is 12.6. The minimum atomic E-state index is -1.01. The van der Waals surface area contributed by atoms with Crippen molar-refractivity contribution in [3.8, 4) is 0 Å². The molecule has 1 spiro atoms. The summed E-state index contributed by atoms with van der Waals surface area (Å²) in [4.78, 5) is 35.0. The molecule has 0 aromatic rings. The SMILES string of the molecule is C[C@H]1[C@H](C(=O)OCCC(=O)O)O[C@@H]2O[C@]3(C)CC[C@H]4[C@H](C)CC[C@@H]1C24OO3.[NaH]. The molecule has 5 rings (SSSR count). The fourth-order valence-electron chi connectivity index (χ4n) is 5.50. The van der Waals surface area contributed by atoms with Gasteiger partial charge in [-0.15, -0.1) is 0 Å². The number of ether oxygens (including phenoxy) is 3. The second-order valence-electron chi connectivity index (χ2n) is 8.64. The fraction of sp³-hybridized carbons (Fsp3) is 0.895. The van der Waals surface area contributed by atoms with Crippen molar-refractivity contribution in [3.05, 3.63) is 0 Å². The van der Waals surface area contributed by atoms with Crippen LogP contribution in [0.15, 0.2) is 0 Å². The van der Waals surface area contributed by atoms with Crippen LogP contribution in [0.2, 0.25) is 0 Å². The zero-order valence-corrected chi connectivity index (χ0v) is 16.0. The molecule has 28 heavy (non-hydrogen) atoms. The van der Waals surface area contributed by atoms with Crippen molar-refractivity contribution in [2.24, 2.45) is 23.7 Å². The van der Waals surface area contributed by atoms with Crippen LogP contribution < -0.4 is 0 Å². The Morgan fingerprint density at radius 2 is 1.89 bits per heavy atom. The van der Waals surface area contributed by atoms with E-state index < -0.39 is 35.7 Å². The van der Waals surface area contributed by atoms with Crippen LogP contribution >= 0.6 is 0 Å². The molecule has 4 saturated heterocycles. The number of esters is 1. The summed E-state index contributed by atoms with van der Waals surface area (Å²) in [7, 11) is 0. The van der Waals surface area contributed by atoms with Gasteiger partial charge in [-0.2, -0.15) is 0 Å². The first kappa shape index (κ1) is 22.5. The Morgan fingerprint density at radius 3 is 2.61 bits per heavy atom. The van der Waals surface area contributed by atoms with Crippen molar-refractivity contribution in [1.29, 1.82) is 0 Å². The molecule has 8 atom stereocenters. The first-order valence-corrected chi connectivity index (χ1v) is 9.85. The summed E-state index contributed by atoms with van der Waals surface area (Å²) in [5, 5.41) is 8.74. The molecule has 9 heteroatoms. The monoisotopic (exact) mass is 408 g/mol. The van der Waals surface area contributed by atoms with Crippen molar-refractivity contribution in [3.63, 3.8) is 0 Å². The van der Waals surface area contributed by atoms with E-state index in [1.54, 1.807) is 0 Å². The van der Waals surface area contributed by atoms with E-state index >= 15 is 0 Å². The number of hydrogen-bond donors (Lipinski definition) is 1. The van der Waals surface area contributed by atoms with E-state index in [1.165, 1.54) is 0 Å². The minimum absolute atomic E-state index is 0. The Morgan fingerprint density at radius 1 is 1.14 bits per heavy atom. The summed E-state index contributed by atoms with van der Waals surface area (Å²) < 4.78 is 17.5. The molecule has 4 aliphatic heterocycles. The Balaban J connectivity index is 0.00000225. The van der Waals surface area contributed by atoms with Crippen molar-refractivity contribution in [2.45, 2.75) is 76.7 Å². The molecule has 2 bridgehead atoms. The number of fused-ring (bicyclic) bond motifs is 2. The number of carboxylic acids is 1. The quantitative estimate of drug-likeness (QED) is 0.425. The van der Waals surface area contributed by atoms with Gasteiger partial charge in [-0.25, -0.2) is 14.6 Å². The third-order valence-electron chi connectivity index (χ3n) is 6.95. The van der Waals surface area contributed by atoms with E-state index in [4.69, 9.17) is 29.1 Å². The van der Waals surface area contributed by atoms with Crippen LogP contribution in [0.3, 0.4) is 0 Å². The zero-order chi connectivity index (χ0) is 19.4. The number of aliphatic carboxylic acids is 1. The van der Waals surface area contributed by atoms with E-state index in [0.717, 1.165) is 19.3 Å². The predicted molar refractivity (Wildman–Crippen MR) is 97.2 cm³/mol. The van der Waals surface area contributed by atoms with Gasteiger partial charge in [0.2, 0.25) is 5.79 Å². The van der Waals surface area contributed by atoms with Gasteiger partial charge in [-0.3, -0.25) is 4.79 Å². The van der Waals surface area contributed by atoms with E-state index in [1.807, 2.05) is 13.8 Å². The van der Waals surface area contributed by atoms with E-state index in [0.29, 0.717) is 12.3 Å². The molecule has 0 amide bonds. The Labute approximate surface area is 186 Å². The summed E-state index contributed by atoms with van der Waals surface area (Å²) in [6.07, 6.45) is 1.84. The van der Waals surface area contributed by atoms with Crippen molar-refractivity contribution in [1.82, 2.24) is 0 Å². The van der Waals surface area contributed by atoms with E-state index in [-0.39, 0.29) is 60.3 Å². The molecule has 5 aliphatic rings. The molecule has 4 heterocycles. The molecule has 154 valence electrons. The first-order chi connectivity index (χ1) is 12.8. The summed E-state index contributed by atoms with van der Waals surface area (Å²) in [5.74, 6) is -1.87. The van der Waals surface area contributed by atoms with Gasteiger partial charge >= 0.3 is 41.5 Å². The number of carbonyl (C=O) groups is 2. The average Bonchev–Trinajstić information content (AvgIpc) is 2.84. The summed E-state index contributed by atoms with van der Waals surface area (Å²) in [6.45, 7) is 5.86. The van der Waals surface area contributed by atoms with Gasteiger partial charge in [0.1, 0.15) is 6.61 Å². The first-order valence-electron chi connectivity index (χ1n) is 9.85. The number of carbonyl (C=O) groups excluding carboxylic acids is 1. The van der Waals surface area contributed by atoms with Crippen LogP contribution in [-0.4, -0.2) is 77.0 Å². The standard InChI is InChI=1S/C19H28O8.Na.H/c1-10-4-5-13-11(2)15(16(22)23-9-7-14(20)21)24-17-19(13)12(10)6-8-18(3,25-17)26-27-19;;/h10-13,15,17H,4-9H2,1-3H3,(H,20,21);;/t10-,11-,12+,13+,15-,17-,18+,19?;;/m1../s1. The van der Waals surface area contributed by atoms with Gasteiger partial charge in [0.05, 0.1) is 6.42 Å². The zero-order valence-electron chi connectivity index (χ0n) is 16.0. The van der Waals surface area contributed by atoms with Crippen LogP contribution in [0, 0.1) is 23.7 Å². The molecule has 1 saturated carbocycles. The molecule has 8 nitrogen and oxygen atoms in total. The Hall–Kier alpha value is -0.220. The van der Waals surface area contributed by atoms with Crippen LogP contribution in [0.1, 0.15) is 52.9 Å². The molecular formula is C19H29NaO8. The molecule has 0 radical (unpaired) electrons. The third kappa shape index (κ3) is 3.55. The van der Waals surface area contributed by atoms with Gasteiger partial charge < -0.3 is 19.3 Å². The number of carboxylic acid groups (broad SMARTS) is 1. The predicted octanol–water partition coefficient (Wildman–Crippen LogP) is 1.61. The molecule has 1 aliphatic carbocycles. The second-order valence-corrected chi connectivity index (χ2v) is 8.64. The van der Waals surface area contributed by atoms with E-state index in [9.17, 15) is 9.59 Å². The van der Waals surface area contributed by atoms with Crippen molar-refractivity contribution >= 4 is 41.5 Å². The maximum atomic E-state index is 12.6. The topological polar surface area (TPSA) is 101 Å². The van der Waals surface area contributed by atoms with Crippen molar-refractivity contribution < 1.29 is 38.7 Å². The molecular weight excluding hydrogens is 379 g/mol. The third-order valence-corrected chi connectivity index (χ3v) is 6.95. The summed E-state index contributed by atoms with van der Waals surface area (Å²) >= 11 is 0. The van der Waals surface area contributed by atoms with Crippen LogP contribution in [-0.2, 0) is 33.6 Å². The van der Waals surface area contributed by atoms with Crippen LogP contribution in [0.4, 0.5) is 0 Å². The van der Waals surface area contributed by atoms with Gasteiger partial charge in [0.15, 0.2) is 18.0 Å². The summed E-state index contributed by atoms with van der Waals surface area (Å²) in [5.41, 5.74) is -0.717. The Bertz CT molecular complexity index is 629. The van der Waals surface area contributed by atoms with Crippen molar-refractivity contribution in [2.75, 3.05) is 6.61 Å². The van der Waals surface area contributed by atoms with E-state index in [2.05, 4.69) is 6.92 Å². The molecule has 5 fully saturated rings. The van der Waals surface area contributed by atoms with Gasteiger partial charge in [-0.1, -0.05) is 13.8 Å². The summed E-state index contributed by atoms with van der Waals surface area (Å²) in [6, 6.07) is 0. The Kier molecular flexibility index (Phi) is 6.53.